The molecule has 3 N–H and O–H groups in total. The average molecular weight is 298 g/mol. The van der Waals surface area contributed by atoms with Crippen LogP contribution < -0.4 is 0 Å². The van der Waals surface area contributed by atoms with Crippen molar-refractivity contribution in [3.63, 3.8) is 0 Å². The van der Waals surface area contributed by atoms with Crippen LogP contribution in [-0.2, 0) is 9.47 Å². The summed E-state index contributed by atoms with van der Waals surface area (Å²) in [5.41, 5.74) is -0.960. The molecule has 0 unspecified atom stereocenters. The van der Waals surface area contributed by atoms with E-state index in [1.807, 2.05) is 26.8 Å². The van der Waals surface area contributed by atoms with E-state index in [-0.39, 0.29) is 17.8 Å². The van der Waals surface area contributed by atoms with E-state index < -0.39 is 35.6 Å². The molecule has 3 aliphatic rings. The molecule has 0 amide bonds. The third kappa shape index (κ3) is 1.88. The summed E-state index contributed by atoms with van der Waals surface area (Å²) in [6.07, 6.45) is -0.790. The van der Waals surface area contributed by atoms with Crippen LogP contribution >= 0.6 is 0 Å². The van der Waals surface area contributed by atoms with Crippen LogP contribution in [0.4, 0.5) is 0 Å². The topological polar surface area (TPSA) is 79.2 Å². The molecule has 1 saturated heterocycles. The highest BCUT2D eigenvalue weighted by Crippen LogP contribution is 2.57. The van der Waals surface area contributed by atoms with Gasteiger partial charge in [0.05, 0.1) is 23.9 Å². The van der Waals surface area contributed by atoms with E-state index in [4.69, 9.17) is 9.47 Å². The van der Waals surface area contributed by atoms with Crippen molar-refractivity contribution in [1.29, 1.82) is 0 Å². The van der Waals surface area contributed by atoms with Crippen molar-refractivity contribution < 1.29 is 24.8 Å². The van der Waals surface area contributed by atoms with E-state index in [0.29, 0.717) is 0 Å². The lowest BCUT2D eigenvalue weighted by atomic mass is 9.57. The minimum Gasteiger partial charge on any atom is -0.389 e. The summed E-state index contributed by atoms with van der Waals surface area (Å²) in [5, 5.41) is 31.9. The Bertz CT molecular complexity index is 469. The third-order valence-electron chi connectivity index (χ3n) is 5.85. The number of hydrogen-bond donors (Lipinski definition) is 3. The van der Waals surface area contributed by atoms with Gasteiger partial charge < -0.3 is 24.8 Å². The molecule has 3 rings (SSSR count). The molecule has 0 aromatic heterocycles. The summed E-state index contributed by atoms with van der Waals surface area (Å²) in [6.45, 7) is 7.43. The zero-order chi connectivity index (χ0) is 15.7. The summed E-state index contributed by atoms with van der Waals surface area (Å²) < 4.78 is 11.6. The second kappa shape index (κ2) is 4.52. The highest BCUT2D eigenvalue weighted by atomic mass is 16.5. The lowest BCUT2D eigenvalue weighted by molar-refractivity contribution is -0.235. The van der Waals surface area contributed by atoms with Crippen LogP contribution in [0, 0.1) is 17.8 Å². The molecule has 0 radical (unpaired) electrons. The van der Waals surface area contributed by atoms with Crippen LogP contribution in [0.25, 0.3) is 0 Å². The van der Waals surface area contributed by atoms with Gasteiger partial charge in [-0.05, 0) is 27.7 Å². The van der Waals surface area contributed by atoms with Crippen LogP contribution in [0.5, 0.6) is 0 Å². The maximum Gasteiger partial charge on any atom is 0.117 e. The van der Waals surface area contributed by atoms with Crippen molar-refractivity contribution >= 4 is 0 Å². The Hall–Kier alpha value is -0.460. The Labute approximate surface area is 125 Å². The number of hydrogen-bond acceptors (Lipinski definition) is 5. The maximum absolute atomic E-state index is 10.8. The number of methoxy groups -OCH3 is 1. The van der Waals surface area contributed by atoms with Gasteiger partial charge in [-0.15, -0.1) is 0 Å². The predicted molar refractivity (Wildman–Crippen MR) is 76.6 cm³/mol. The van der Waals surface area contributed by atoms with Gasteiger partial charge in [-0.3, -0.25) is 0 Å². The molecule has 1 heterocycles. The van der Waals surface area contributed by atoms with Crippen molar-refractivity contribution in [2.45, 2.75) is 63.3 Å². The lowest BCUT2D eigenvalue weighted by Gasteiger charge is -2.52. The second-order valence-electron chi connectivity index (χ2n) is 7.54. The summed E-state index contributed by atoms with van der Waals surface area (Å²) in [5.74, 6) is -0.235. The van der Waals surface area contributed by atoms with Crippen LogP contribution in [-0.4, -0.2) is 58.0 Å². The van der Waals surface area contributed by atoms with E-state index in [2.05, 4.69) is 0 Å². The molecule has 21 heavy (non-hydrogen) atoms. The van der Waals surface area contributed by atoms with Crippen molar-refractivity contribution in [2.24, 2.45) is 17.8 Å². The van der Waals surface area contributed by atoms with E-state index in [9.17, 15) is 15.3 Å². The lowest BCUT2D eigenvalue weighted by Crippen LogP contribution is -2.66. The predicted octanol–water partition coefficient (Wildman–Crippen LogP) is 0.474. The molecule has 1 saturated carbocycles. The summed E-state index contributed by atoms with van der Waals surface area (Å²) in [6, 6.07) is 0. The Kier molecular flexibility index (Phi) is 3.32. The van der Waals surface area contributed by atoms with Crippen LogP contribution in [0.3, 0.4) is 0 Å². The van der Waals surface area contributed by atoms with Crippen molar-refractivity contribution in [1.82, 2.24) is 0 Å². The largest absolute Gasteiger partial charge is 0.389 e. The van der Waals surface area contributed by atoms with Crippen molar-refractivity contribution in [3.8, 4) is 0 Å². The van der Waals surface area contributed by atoms with Gasteiger partial charge in [0.1, 0.15) is 11.7 Å². The zero-order valence-corrected chi connectivity index (χ0v) is 13.3. The SMILES string of the molecule is CO[C@@H]1[C@H]2C(C)=C[C@H](O)[C@H]3[C@H]2[C@@H](OC3(C)C)[C@](C)(O)[C@H]1O. The number of aliphatic hydroxyl groups is 3. The standard InChI is InChI=1S/C16H26O5/c1-7-6-8(17)11-10-9(7)12(20-5)13(18)16(4,19)14(10)21-15(11,2)3/h6,8-14,17-19H,1-5H3/t8-,9-,10-,11-,12+,13-,14+,16+/m0/s1. The highest BCUT2D eigenvalue weighted by molar-refractivity contribution is 5.27. The van der Waals surface area contributed by atoms with Gasteiger partial charge in [0.15, 0.2) is 0 Å². The number of ether oxygens (including phenoxy) is 2. The number of aliphatic hydroxyl groups excluding tert-OH is 2. The quantitative estimate of drug-likeness (QED) is 0.614. The van der Waals surface area contributed by atoms with Gasteiger partial charge in [0.2, 0.25) is 0 Å². The molecule has 0 aromatic rings. The monoisotopic (exact) mass is 298 g/mol. The Morgan fingerprint density at radius 3 is 2.43 bits per heavy atom. The molecular formula is C16H26O5. The Morgan fingerprint density at radius 1 is 1.24 bits per heavy atom. The molecule has 0 spiro atoms. The molecule has 5 heteroatoms. The van der Waals surface area contributed by atoms with Gasteiger partial charge in [0.25, 0.3) is 0 Å². The minimum absolute atomic E-state index is 0.0506. The minimum atomic E-state index is -1.40. The van der Waals surface area contributed by atoms with Gasteiger partial charge in [-0.25, -0.2) is 0 Å². The summed E-state index contributed by atoms with van der Waals surface area (Å²) in [7, 11) is 1.55. The number of rotatable bonds is 1. The molecule has 0 aromatic carbocycles. The molecule has 0 bridgehead atoms. The smallest absolute Gasteiger partial charge is 0.117 e. The fraction of sp³-hybridized carbons (Fsp3) is 0.875. The van der Waals surface area contributed by atoms with Crippen molar-refractivity contribution in [2.75, 3.05) is 7.11 Å². The van der Waals surface area contributed by atoms with Crippen LogP contribution in [0.1, 0.15) is 27.7 Å². The van der Waals surface area contributed by atoms with Gasteiger partial charge in [-0.1, -0.05) is 11.6 Å². The summed E-state index contributed by atoms with van der Waals surface area (Å²) >= 11 is 0. The third-order valence-corrected chi connectivity index (χ3v) is 5.85. The first-order valence-corrected chi connectivity index (χ1v) is 7.60. The molecule has 8 atom stereocenters. The van der Waals surface area contributed by atoms with Crippen LogP contribution in [0.2, 0.25) is 0 Å². The maximum atomic E-state index is 10.8. The summed E-state index contributed by atoms with van der Waals surface area (Å²) in [4.78, 5) is 0. The average Bonchev–Trinajstić information content (AvgIpc) is 2.65. The fourth-order valence-electron chi connectivity index (χ4n) is 4.93. The van der Waals surface area contributed by atoms with E-state index >= 15 is 0 Å². The highest BCUT2D eigenvalue weighted by Gasteiger charge is 2.67. The molecular weight excluding hydrogens is 272 g/mol. The molecule has 2 aliphatic carbocycles. The molecule has 120 valence electrons. The van der Waals surface area contributed by atoms with Crippen molar-refractivity contribution in [3.05, 3.63) is 11.6 Å². The molecule has 2 fully saturated rings. The first-order chi connectivity index (χ1) is 9.63. The first kappa shape index (κ1) is 15.4. The second-order valence-corrected chi connectivity index (χ2v) is 7.54. The normalized spacial score (nSPS) is 55.0. The Morgan fingerprint density at radius 2 is 1.86 bits per heavy atom. The Balaban J connectivity index is 2.15. The molecule has 5 nitrogen and oxygen atoms in total. The van der Waals surface area contributed by atoms with Gasteiger partial charge in [0, 0.05) is 24.9 Å². The zero-order valence-electron chi connectivity index (χ0n) is 13.3. The molecule has 1 aliphatic heterocycles. The van der Waals surface area contributed by atoms with E-state index in [0.717, 1.165) is 5.57 Å². The van der Waals surface area contributed by atoms with Gasteiger partial charge >= 0.3 is 0 Å². The van der Waals surface area contributed by atoms with Crippen LogP contribution in [0.15, 0.2) is 11.6 Å². The van der Waals surface area contributed by atoms with E-state index in [1.165, 1.54) is 0 Å². The van der Waals surface area contributed by atoms with E-state index in [1.54, 1.807) is 14.0 Å². The first-order valence-electron chi connectivity index (χ1n) is 7.60. The van der Waals surface area contributed by atoms with Gasteiger partial charge in [-0.2, -0.15) is 0 Å². The fourth-order valence-corrected chi connectivity index (χ4v) is 4.93.